The summed E-state index contributed by atoms with van der Waals surface area (Å²) in [7, 11) is 0. The van der Waals surface area contributed by atoms with E-state index in [1.54, 1.807) is 6.08 Å². The lowest BCUT2D eigenvalue weighted by molar-refractivity contribution is -0.137. The van der Waals surface area contributed by atoms with Gasteiger partial charge >= 0.3 is 5.97 Å². The zero-order valence-electron chi connectivity index (χ0n) is 18.6. The van der Waals surface area contributed by atoms with Crippen LogP contribution in [0.5, 0.6) is 0 Å². The number of fused-ring (bicyclic) bond motifs is 2. The van der Waals surface area contributed by atoms with Gasteiger partial charge in [0.15, 0.2) is 5.78 Å². The van der Waals surface area contributed by atoms with E-state index in [0.717, 1.165) is 41.0 Å². The minimum Gasteiger partial charge on any atom is -0.481 e. The number of carboxylic acids is 1. The van der Waals surface area contributed by atoms with Gasteiger partial charge in [-0.1, -0.05) is 30.3 Å². The second-order valence-corrected chi connectivity index (χ2v) is 8.65. The Bertz CT molecular complexity index is 1320. The van der Waals surface area contributed by atoms with Gasteiger partial charge in [0.05, 0.1) is 5.57 Å². The minimum absolute atomic E-state index is 0.0335. The highest BCUT2D eigenvalue weighted by molar-refractivity contribution is 6.35. The molecule has 0 atom stereocenters. The van der Waals surface area contributed by atoms with E-state index in [0.29, 0.717) is 35.4 Å². The van der Waals surface area contributed by atoms with Gasteiger partial charge in [-0.3, -0.25) is 14.4 Å². The van der Waals surface area contributed by atoms with E-state index >= 15 is 0 Å². The largest absolute Gasteiger partial charge is 0.481 e. The third kappa shape index (κ3) is 4.24. The Labute approximate surface area is 196 Å². The van der Waals surface area contributed by atoms with Crippen LogP contribution in [0.15, 0.2) is 48.5 Å². The van der Waals surface area contributed by atoms with Gasteiger partial charge in [-0.15, -0.1) is 0 Å². The predicted octanol–water partition coefficient (Wildman–Crippen LogP) is 4.66. The van der Waals surface area contributed by atoms with Crippen molar-refractivity contribution in [3.8, 4) is 0 Å². The molecule has 2 heterocycles. The number of H-pyrrole nitrogens is 1. The molecule has 1 aliphatic carbocycles. The number of anilines is 2. The fourth-order valence-electron chi connectivity index (χ4n) is 4.69. The molecule has 1 aromatic heterocycles. The number of aliphatic carboxylic acids is 1. The van der Waals surface area contributed by atoms with E-state index < -0.39 is 5.97 Å². The number of ketones is 1. The van der Waals surface area contributed by atoms with Crippen LogP contribution in [0, 0.1) is 0 Å². The summed E-state index contributed by atoms with van der Waals surface area (Å²) in [5.41, 5.74) is 6.79. The molecule has 0 radical (unpaired) electrons. The highest BCUT2D eigenvalue weighted by Crippen LogP contribution is 2.37. The molecule has 34 heavy (non-hydrogen) atoms. The number of aryl methyl sites for hydroxylation is 1. The summed E-state index contributed by atoms with van der Waals surface area (Å²) in [6, 6.07) is 15.8. The number of rotatable bonds is 7. The number of hydrogen-bond donors (Lipinski definition) is 4. The molecule has 1 amide bonds. The van der Waals surface area contributed by atoms with Crippen LogP contribution in [0.2, 0.25) is 0 Å². The van der Waals surface area contributed by atoms with Crippen molar-refractivity contribution >= 4 is 40.7 Å². The van der Waals surface area contributed by atoms with Crippen molar-refractivity contribution in [2.24, 2.45) is 0 Å². The first-order chi connectivity index (χ1) is 16.5. The zero-order valence-corrected chi connectivity index (χ0v) is 18.6. The van der Waals surface area contributed by atoms with Gasteiger partial charge in [-0.2, -0.15) is 0 Å². The Morgan fingerprint density at radius 1 is 1.09 bits per heavy atom. The highest BCUT2D eigenvalue weighted by Gasteiger charge is 2.29. The van der Waals surface area contributed by atoms with Crippen molar-refractivity contribution in [1.82, 2.24) is 4.98 Å². The van der Waals surface area contributed by atoms with Crippen LogP contribution in [-0.4, -0.2) is 27.8 Å². The lowest BCUT2D eigenvalue weighted by Gasteiger charge is -2.11. The molecule has 5 rings (SSSR count). The quantitative estimate of drug-likeness (QED) is 0.387. The maximum absolute atomic E-state index is 12.8. The topological polar surface area (TPSA) is 111 Å². The maximum atomic E-state index is 12.8. The number of carbonyl (C=O) groups excluding carboxylic acids is 2. The Hall–Kier alpha value is -4.13. The first-order valence-corrected chi connectivity index (χ1v) is 11.4. The molecule has 2 aromatic carbocycles. The summed E-state index contributed by atoms with van der Waals surface area (Å²) < 4.78 is 0. The molecule has 0 bridgehead atoms. The molecule has 3 aromatic rings. The fourth-order valence-corrected chi connectivity index (χ4v) is 4.69. The van der Waals surface area contributed by atoms with Crippen molar-refractivity contribution in [3.05, 3.63) is 82.2 Å². The van der Waals surface area contributed by atoms with Crippen LogP contribution < -0.4 is 10.6 Å². The smallest absolute Gasteiger partial charge is 0.303 e. The van der Waals surface area contributed by atoms with Gasteiger partial charge in [-0.05, 0) is 54.7 Å². The maximum Gasteiger partial charge on any atom is 0.303 e. The van der Waals surface area contributed by atoms with E-state index in [1.165, 1.54) is 0 Å². The molecular weight excluding hydrogens is 430 g/mol. The average Bonchev–Trinajstić information content (AvgIpc) is 3.34. The molecular formula is C27H25N3O4. The first kappa shape index (κ1) is 21.7. The standard InChI is InChI=1S/C27H25N3O4/c31-24-8-4-7-22-26(24)18(10-12-25(32)33)23(29-22)14-20-19-13-17(9-11-21(19)30-27(20)34)28-15-16-5-2-1-3-6-16/h1-3,5-6,9,11,13-14,28-29H,4,7-8,10,12,15H2,(H,30,34)(H,32,33)/b20-14-. The number of amides is 1. The van der Waals surface area contributed by atoms with Gasteiger partial charge < -0.3 is 20.7 Å². The van der Waals surface area contributed by atoms with Gasteiger partial charge in [0.1, 0.15) is 0 Å². The number of Topliss-reactive ketones (excluding diaryl/α,β-unsaturated/α-hetero) is 1. The summed E-state index contributed by atoms with van der Waals surface area (Å²) in [6.45, 7) is 0.658. The third-order valence-corrected chi connectivity index (χ3v) is 6.34. The second kappa shape index (κ2) is 9.02. The van der Waals surface area contributed by atoms with E-state index in [1.807, 2.05) is 48.5 Å². The first-order valence-electron chi connectivity index (χ1n) is 11.4. The Balaban J connectivity index is 1.49. The molecule has 2 aliphatic rings. The number of aromatic nitrogens is 1. The van der Waals surface area contributed by atoms with Crippen LogP contribution in [0.1, 0.15) is 57.7 Å². The number of hydrogen-bond acceptors (Lipinski definition) is 4. The summed E-state index contributed by atoms with van der Waals surface area (Å²) in [5, 5.41) is 15.5. The number of carboxylic acid groups (broad SMARTS) is 1. The molecule has 172 valence electrons. The number of benzene rings is 2. The van der Waals surface area contributed by atoms with Gasteiger partial charge in [0.2, 0.25) is 0 Å². The number of aromatic amines is 1. The lowest BCUT2D eigenvalue weighted by atomic mass is 9.91. The van der Waals surface area contributed by atoms with Crippen LogP contribution in [-0.2, 0) is 29.0 Å². The third-order valence-electron chi connectivity index (χ3n) is 6.34. The molecule has 0 fully saturated rings. The van der Waals surface area contributed by atoms with Gasteiger partial charge in [0, 0.05) is 53.3 Å². The predicted molar refractivity (Wildman–Crippen MR) is 131 cm³/mol. The van der Waals surface area contributed by atoms with Crippen molar-refractivity contribution < 1.29 is 19.5 Å². The normalized spacial score (nSPS) is 15.7. The van der Waals surface area contributed by atoms with E-state index in [2.05, 4.69) is 15.6 Å². The average molecular weight is 456 g/mol. The number of carbonyl (C=O) groups is 3. The molecule has 7 nitrogen and oxygen atoms in total. The summed E-state index contributed by atoms with van der Waals surface area (Å²) in [6.07, 6.45) is 3.87. The molecule has 0 saturated heterocycles. The monoisotopic (exact) mass is 455 g/mol. The molecule has 7 heteroatoms. The second-order valence-electron chi connectivity index (χ2n) is 8.65. The van der Waals surface area contributed by atoms with Crippen LogP contribution in [0.25, 0.3) is 11.6 Å². The van der Waals surface area contributed by atoms with E-state index in [-0.39, 0.29) is 24.5 Å². The van der Waals surface area contributed by atoms with E-state index in [4.69, 9.17) is 0 Å². The molecule has 0 unspecified atom stereocenters. The molecule has 0 saturated carbocycles. The van der Waals surface area contributed by atoms with Crippen molar-refractivity contribution in [2.75, 3.05) is 10.6 Å². The Morgan fingerprint density at radius 2 is 1.91 bits per heavy atom. The highest BCUT2D eigenvalue weighted by atomic mass is 16.4. The molecule has 4 N–H and O–H groups in total. The van der Waals surface area contributed by atoms with Crippen molar-refractivity contribution in [1.29, 1.82) is 0 Å². The summed E-state index contributed by atoms with van der Waals surface area (Å²) in [5.74, 6) is -1.11. The fraction of sp³-hybridized carbons (Fsp3) is 0.222. The summed E-state index contributed by atoms with van der Waals surface area (Å²) in [4.78, 5) is 40.0. The molecule has 0 spiro atoms. The van der Waals surface area contributed by atoms with Crippen molar-refractivity contribution in [3.63, 3.8) is 0 Å². The number of nitrogens with one attached hydrogen (secondary N) is 3. The Kier molecular flexibility index (Phi) is 5.76. The van der Waals surface area contributed by atoms with Crippen LogP contribution in [0.4, 0.5) is 11.4 Å². The Morgan fingerprint density at radius 3 is 2.71 bits per heavy atom. The lowest BCUT2D eigenvalue weighted by Crippen LogP contribution is -2.11. The SMILES string of the molecule is O=C(O)CCc1c(/C=C2\C(=O)Nc3ccc(NCc4ccccc4)cc32)[nH]c2c1C(=O)CCC2. The van der Waals surface area contributed by atoms with Gasteiger partial charge in [0.25, 0.3) is 5.91 Å². The van der Waals surface area contributed by atoms with E-state index in [9.17, 15) is 19.5 Å². The van der Waals surface area contributed by atoms with Crippen molar-refractivity contribution in [2.45, 2.75) is 38.6 Å². The van der Waals surface area contributed by atoms with Gasteiger partial charge in [-0.25, -0.2) is 0 Å². The van der Waals surface area contributed by atoms with Crippen LogP contribution in [0.3, 0.4) is 0 Å². The minimum atomic E-state index is -0.921. The molecule has 1 aliphatic heterocycles. The zero-order chi connectivity index (χ0) is 23.7. The summed E-state index contributed by atoms with van der Waals surface area (Å²) >= 11 is 0. The van der Waals surface area contributed by atoms with Crippen LogP contribution >= 0.6 is 0 Å².